The fourth-order valence-corrected chi connectivity index (χ4v) is 3.87. The number of nitrogens with one attached hydrogen (secondary N) is 2. The molecular formula is C18H20ClN3O4S. The van der Waals surface area contributed by atoms with E-state index < -0.39 is 11.8 Å². The first-order valence-corrected chi connectivity index (χ1v) is 9.69. The highest BCUT2D eigenvalue weighted by Crippen LogP contribution is 2.37. The van der Waals surface area contributed by atoms with Gasteiger partial charge in [-0.3, -0.25) is 9.59 Å². The number of ether oxygens (including phenoxy) is 2. The van der Waals surface area contributed by atoms with Gasteiger partial charge in [-0.1, -0.05) is 11.6 Å². The number of carbonyl (C=O) groups excluding carboxylic acids is 2. The van der Waals surface area contributed by atoms with E-state index >= 15 is 0 Å². The third kappa shape index (κ3) is 4.51. The first-order valence-electron chi connectivity index (χ1n) is 8.50. The van der Waals surface area contributed by atoms with Crippen molar-refractivity contribution in [1.82, 2.24) is 10.3 Å². The van der Waals surface area contributed by atoms with Gasteiger partial charge in [-0.2, -0.15) is 0 Å². The first kappa shape index (κ1) is 19.4. The highest BCUT2D eigenvalue weighted by Gasteiger charge is 2.22. The van der Waals surface area contributed by atoms with E-state index in [9.17, 15) is 9.59 Å². The van der Waals surface area contributed by atoms with E-state index in [1.54, 1.807) is 12.1 Å². The Morgan fingerprint density at radius 3 is 2.48 bits per heavy atom. The van der Waals surface area contributed by atoms with E-state index in [1.165, 1.54) is 11.3 Å². The molecule has 0 saturated heterocycles. The van der Waals surface area contributed by atoms with Gasteiger partial charge in [0, 0.05) is 23.4 Å². The summed E-state index contributed by atoms with van der Waals surface area (Å²) in [5.41, 5.74) is 1.13. The molecule has 1 aromatic heterocycles. The fourth-order valence-electron chi connectivity index (χ4n) is 2.74. The second-order valence-corrected chi connectivity index (χ2v) is 7.80. The third-order valence-electron chi connectivity index (χ3n) is 3.97. The lowest BCUT2D eigenvalue weighted by Gasteiger charge is -2.14. The minimum Gasteiger partial charge on any atom is -0.490 e. The van der Waals surface area contributed by atoms with Gasteiger partial charge in [0.05, 0.1) is 40.7 Å². The van der Waals surface area contributed by atoms with Crippen LogP contribution in [-0.4, -0.2) is 30.0 Å². The van der Waals surface area contributed by atoms with E-state index in [1.807, 2.05) is 20.8 Å². The van der Waals surface area contributed by atoms with Crippen molar-refractivity contribution in [2.75, 3.05) is 18.5 Å². The van der Waals surface area contributed by atoms with Gasteiger partial charge in [0.25, 0.3) is 0 Å². The van der Waals surface area contributed by atoms with Crippen LogP contribution in [-0.2, 0) is 9.59 Å². The quantitative estimate of drug-likeness (QED) is 0.758. The summed E-state index contributed by atoms with van der Waals surface area (Å²) in [5, 5.41) is 6.38. The van der Waals surface area contributed by atoms with E-state index in [2.05, 4.69) is 15.6 Å². The summed E-state index contributed by atoms with van der Waals surface area (Å²) in [4.78, 5) is 29.8. The highest BCUT2D eigenvalue weighted by molar-refractivity contribution is 7.11. The van der Waals surface area contributed by atoms with Crippen LogP contribution in [0, 0.1) is 13.8 Å². The zero-order chi connectivity index (χ0) is 19.6. The Labute approximate surface area is 166 Å². The van der Waals surface area contributed by atoms with Crippen molar-refractivity contribution in [3.05, 3.63) is 32.7 Å². The summed E-state index contributed by atoms with van der Waals surface area (Å²) >= 11 is 7.69. The number of rotatable bonds is 3. The number of aromatic nitrogens is 1. The monoisotopic (exact) mass is 409 g/mol. The molecule has 0 spiro atoms. The van der Waals surface area contributed by atoms with Gasteiger partial charge in [0.1, 0.15) is 0 Å². The van der Waals surface area contributed by atoms with Crippen LogP contribution in [0.1, 0.15) is 35.0 Å². The summed E-state index contributed by atoms with van der Waals surface area (Å²) in [5.74, 6) is -0.561. The van der Waals surface area contributed by atoms with Crippen LogP contribution >= 0.6 is 22.9 Å². The molecule has 0 saturated carbocycles. The molecule has 2 N–H and O–H groups in total. The van der Waals surface area contributed by atoms with E-state index in [4.69, 9.17) is 21.1 Å². The second-order valence-electron chi connectivity index (χ2n) is 6.16. The molecule has 1 aliphatic heterocycles. The Kier molecular flexibility index (Phi) is 5.86. The van der Waals surface area contributed by atoms with Gasteiger partial charge in [-0.15, -0.1) is 11.3 Å². The first-order chi connectivity index (χ1) is 12.8. The molecule has 144 valence electrons. The number of hydrogen-bond acceptors (Lipinski definition) is 6. The standard InChI is InChI=1S/C18H20ClN3O4S/c1-9-16(27-11(3)20-9)10(2)21-17(23)18(24)22-13-8-15-14(7-12(13)19)25-5-4-6-26-15/h7-8,10H,4-6H2,1-3H3,(H,21,23)(H,22,24). The molecule has 0 fully saturated rings. The minimum absolute atomic E-state index is 0.266. The largest absolute Gasteiger partial charge is 0.490 e. The molecule has 27 heavy (non-hydrogen) atoms. The van der Waals surface area contributed by atoms with Gasteiger partial charge < -0.3 is 20.1 Å². The van der Waals surface area contributed by atoms with E-state index in [-0.39, 0.29) is 11.1 Å². The number of benzene rings is 1. The van der Waals surface area contributed by atoms with Gasteiger partial charge in [-0.05, 0) is 20.8 Å². The predicted octanol–water partition coefficient (Wildman–Crippen LogP) is 3.39. The van der Waals surface area contributed by atoms with Crippen molar-refractivity contribution in [3.63, 3.8) is 0 Å². The second kappa shape index (κ2) is 8.14. The smallest absolute Gasteiger partial charge is 0.313 e. The highest BCUT2D eigenvalue weighted by atomic mass is 35.5. The van der Waals surface area contributed by atoms with Crippen LogP contribution < -0.4 is 20.1 Å². The fraction of sp³-hybridized carbons (Fsp3) is 0.389. The molecule has 0 radical (unpaired) electrons. The topological polar surface area (TPSA) is 89.6 Å². The minimum atomic E-state index is -0.808. The van der Waals surface area contributed by atoms with Gasteiger partial charge in [0.15, 0.2) is 11.5 Å². The Hall–Kier alpha value is -2.32. The van der Waals surface area contributed by atoms with Crippen molar-refractivity contribution >= 4 is 40.4 Å². The molecule has 9 heteroatoms. The Bertz CT molecular complexity index is 884. The normalized spacial score (nSPS) is 14.2. The summed E-state index contributed by atoms with van der Waals surface area (Å²) in [6.07, 6.45) is 0.755. The zero-order valence-corrected chi connectivity index (χ0v) is 16.8. The molecule has 2 aromatic rings. The molecule has 7 nitrogen and oxygen atoms in total. The molecule has 1 atom stereocenters. The van der Waals surface area contributed by atoms with Crippen molar-refractivity contribution in [2.24, 2.45) is 0 Å². The van der Waals surface area contributed by atoms with E-state index in [0.717, 1.165) is 22.0 Å². The lowest BCUT2D eigenvalue weighted by Crippen LogP contribution is -2.36. The number of hydrogen-bond donors (Lipinski definition) is 2. The summed E-state index contributed by atoms with van der Waals surface area (Å²) in [6.45, 7) is 6.62. The van der Waals surface area contributed by atoms with Crippen LogP contribution in [0.2, 0.25) is 5.02 Å². The lowest BCUT2D eigenvalue weighted by molar-refractivity contribution is -0.136. The molecule has 2 amide bonds. The molecule has 1 aromatic carbocycles. The maximum absolute atomic E-state index is 12.3. The predicted molar refractivity (Wildman–Crippen MR) is 104 cm³/mol. The van der Waals surface area contributed by atoms with Crippen molar-refractivity contribution < 1.29 is 19.1 Å². The summed E-state index contributed by atoms with van der Waals surface area (Å²) in [7, 11) is 0. The van der Waals surface area contributed by atoms with Crippen LogP contribution in [0.3, 0.4) is 0 Å². The average Bonchev–Trinajstić information content (AvgIpc) is 2.80. The van der Waals surface area contributed by atoms with Crippen LogP contribution in [0.25, 0.3) is 0 Å². The molecule has 1 aliphatic rings. The Balaban J connectivity index is 1.68. The SMILES string of the molecule is Cc1nc(C)c(C(C)NC(=O)C(=O)Nc2cc3c(cc2Cl)OCCCO3)s1. The molecule has 0 aliphatic carbocycles. The van der Waals surface area contributed by atoms with Crippen LogP contribution in [0.5, 0.6) is 11.5 Å². The van der Waals surface area contributed by atoms with Crippen molar-refractivity contribution in [1.29, 1.82) is 0 Å². The number of aryl methyl sites for hydroxylation is 2. The average molecular weight is 410 g/mol. The molecular weight excluding hydrogens is 390 g/mol. The maximum atomic E-state index is 12.3. The number of halogens is 1. The lowest BCUT2D eigenvalue weighted by atomic mass is 10.2. The molecule has 3 rings (SSSR count). The third-order valence-corrected chi connectivity index (χ3v) is 5.54. The number of nitrogens with zero attached hydrogens (tertiary/aromatic N) is 1. The van der Waals surface area contributed by atoms with Crippen LogP contribution in [0.15, 0.2) is 12.1 Å². The number of carbonyl (C=O) groups is 2. The Morgan fingerprint density at radius 1 is 1.19 bits per heavy atom. The molecule has 1 unspecified atom stereocenters. The van der Waals surface area contributed by atoms with Crippen LogP contribution in [0.4, 0.5) is 5.69 Å². The van der Waals surface area contributed by atoms with Gasteiger partial charge in [0.2, 0.25) is 0 Å². The summed E-state index contributed by atoms with van der Waals surface area (Å²) in [6, 6.07) is 2.81. The zero-order valence-electron chi connectivity index (χ0n) is 15.2. The maximum Gasteiger partial charge on any atom is 0.313 e. The van der Waals surface area contributed by atoms with Crippen molar-refractivity contribution in [3.8, 4) is 11.5 Å². The molecule has 0 bridgehead atoms. The molecule has 2 heterocycles. The summed E-state index contributed by atoms with van der Waals surface area (Å²) < 4.78 is 11.1. The number of amides is 2. The van der Waals surface area contributed by atoms with E-state index in [0.29, 0.717) is 30.4 Å². The number of anilines is 1. The number of thiazole rings is 1. The van der Waals surface area contributed by atoms with Crippen molar-refractivity contribution in [2.45, 2.75) is 33.2 Å². The van der Waals surface area contributed by atoms with Gasteiger partial charge >= 0.3 is 11.8 Å². The Morgan fingerprint density at radius 2 is 1.85 bits per heavy atom. The number of fused-ring (bicyclic) bond motifs is 1. The van der Waals surface area contributed by atoms with Gasteiger partial charge in [-0.25, -0.2) is 4.98 Å².